The van der Waals surface area contributed by atoms with Crippen LogP contribution in [-0.4, -0.2) is 36.2 Å². The van der Waals surface area contributed by atoms with Crippen LogP contribution in [0.4, 0.5) is 4.79 Å². The van der Waals surface area contributed by atoms with Crippen LogP contribution in [0.1, 0.15) is 84.6 Å². The third-order valence-electron chi connectivity index (χ3n) is 5.70. The quantitative estimate of drug-likeness (QED) is 0.389. The van der Waals surface area contributed by atoms with Gasteiger partial charge in [0.05, 0.1) is 12.2 Å². The number of carbonyl (C=O) groups is 1. The fourth-order valence-electron chi connectivity index (χ4n) is 4.75. The average Bonchev–Trinajstić information content (AvgIpc) is 2.96. The van der Waals surface area contributed by atoms with E-state index in [4.69, 9.17) is 4.42 Å². The van der Waals surface area contributed by atoms with E-state index in [0.29, 0.717) is 13.1 Å². The molecule has 30 heavy (non-hydrogen) atoms. The van der Waals surface area contributed by atoms with Crippen molar-refractivity contribution in [1.29, 1.82) is 0 Å². The molecule has 168 valence electrons. The van der Waals surface area contributed by atoms with Gasteiger partial charge in [-0.25, -0.2) is 19.6 Å². The molecule has 7 nitrogen and oxygen atoms in total. The van der Waals surface area contributed by atoms with Crippen molar-refractivity contribution in [2.24, 2.45) is 15.8 Å². The maximum atomic E-state index is 12.4. The zero-order valence-electron chi connectivity index (χ0n) is 19.6. The van der Waals surface area contributed by atoms with Crippen molar-refractivity contribution < 1.29 is 14.0 Å². The summed E-state index contributed by atoms with van der Waals surface area (Å²) in [5.41, 5.74) is 0.787. The Labute approximate surface area is 180 Å². The van der Waals surface area contributed by atoms with Crippen molar-refractivity contribution in [3.63, 3.8) is 0 Å². The molecule has 1 aliphatic rings. The van der Waals surface area contributed by atoms with Crippen LogP contribution in [-0.2, 0) is 16.6 Å². The first-order valence-corrected chi connectivity index (χ1v) is 10.9. The smallest absolute Gasteiger partial charge is 0.315 e. The first-order chi connectivity index (χ1) is 13.8. The van der Waals surface area contributed by atoms with Crippen LogP contribution in [0.15, 0.2) is 9.41 Å². The van der Waals surface area contributed by atoms with Crippen molar-refractivity contribution in [2.75, 3.05) is 13.1 Å². The lowest BCUT2D eigenvalue weighted by atomic mass is 9.62. The van der Waals surface area contributed by atoms with Gasteiger partial charge in [0.1, 0.15) is 5.76 Å². The molecular formula is C23H38N4O3. The first kappa shape index (κ1) is 24.1. The third-order valence-corrected chi connectivity index (χ3v) is 5.70. The fourth-order valence-corrected chi connectivity index (χ4v) is 4.75. The Morgan fingerprint density at radius 2 is 2.00 bits per heavy atom. The molecule has 1 heterocycles. The second-order valence-corrected chi connectivity index (χ2v) is 10.9. The summed E-state index contributed by atoms with van der Waals surface area (Å²) in [6, 6.07) is -0.0879. The Morgan fingerprint density at radius 3 is 2.60 bits per heavy atom. The highest BCUT2D eigenvalue weighted by molar-refractivity contribution is 5.74. The highest BCUT2D eigenvalue weighted by Gasteiger charge is 2.41. The topological polar surface area (TPSA) is 96.6 Å². The highest BCUT2D eigenvalue weighted by Crippen LogP contribution is 2.46. The molecule has 0 radical (unpaired) electrons. The Morgan fingerprint density at radius 1 is 1.30 bits per heavy atom. The molecule has 2 unspecified atom stereocenters. The summed E-state index contributed by atoms with van der Waals surface area (Å²) < 4.78 is 5.91. The van der Waals surface area contributed by atoms with E-state index in [9.17, 15) is 9.59 Å². The first-order valence-electron chi connectivity index (χ1n) is 10.9. The molecule has 2 N–H and O–H groups in total. The fraction of sp³-hybridized carbons (Fsp3) is 0.783. The molecule has 1 aromatic heterocycles. The van der Waals surface area contributed by atoms with Crippen LogP contribution in [0, 0.1) is 17.8 Å². The van der Waals surface area contributed by atoms with Gasteiger partial charge in [-0.2, -0.15) is 0 Å². The maximum Gasteiger partial charge on any atom is 0.315 e. The van der Waals surface area contributed by atoms with Crippen LogP contribution >= 0.6 is 0 Å². The zero-order valence-corrected chi connectivity index (χ0v) is 19.6. The molecule has 0 spiro atoms. The van der Waals surface area contributed by atoms with E-state index in [0.717, 1.165) is 49.4 Å². The van der Waals surface area contributed by atoms with E-state index < -0.39 is 0 Å². The molecule has 1 saturated carbocycles. The molecule has 2 rings (SSSR count). The minimum absolute atomic E-state index is 0.0615. The number of aryl methyl sites for hydroxylation is 2. The number of oxazole rings is 1. The number of aliphatic imine (C=N–C) groups is 1. The molecule has 0 aliphatic heterocycles. The summed E-state index contributed by atoms with van der Waals surface area (Å²) >= 11 is 0. The zero-order chi connectivity index (χ0) is 22.6. The lowest BCUT2D eigenvalue weighted by Crippen LogP contribution is -2.50. The predicted molar refractivity (Wildman–Crippen MR) is 117 cm³/mol. The average molecular weight is 419 g/mol. The van der Waals surface area contributed by atoms with Crippen molar-refractivity contribution in [2.45, 2.75) is 92.0 Å². The lowest BCUT2D eigenvalue weighted by Gasteiger charge is -2.46. The maximum absolute atomic E-state index is 12.4. The normalized spacial score (nSPS) is 23.5. The Kier molecular flexibility index (Phi) is 7.51. The number of aromatic nitrogens is 1. The third kappa shape index (κ3) is 6.98. The summed E-state index contributed by atoms with van der Waals surface area (Å²) in [6.07, 6.45) is 5.87. The summed E-state index contributed by atoms with van der Waals surface area (Å²) in [5, 5.41) is 6.07. The summed E-state index contributed by atoms with van der Waals surface area (Å²) in [5.74, 6) is 1.64. The number of isocyanates is 1. The largest absolute Gasteiger partial charge is 0.445 e. The van der Waals surface area contributed by atoms with Gasteiger partial charge in [-0.15, -0.1) is 0 Å². The monoisotopic (exact) mass is 418 g/mol. The number of rotatable bonds is 7. The molecule has 2 amide bonds. The molecule has 0 saturated heterocycles. The van der Waals surface area contributed by atoms with Gasteiger partial charge in [-0.05, 0) is 43.4 Å². The van der Waals surface area contributed by atoms with Crippen molar-refractivity contribution >= 4 is 12.1 Å². The van der Waals surface area contributed by atoms with Crippen LogP contribution in [0.3, 0.4) is 0 Å². The number of nitrogens with zero attached hydrogens (tertiary/aromatic N) is 2. The molecular weight excluding hydrogens is 380 g/mol. The van der Waals surface area contributed by atoms with E-state index in [-0.39, 0.29) is 28.3 Å². The minimum Gasteiger partial charge on any atom is -0.445 e. The molecule has 1 aromatic rings. The summed E-state index contributed by atoms with van der Waals surface area (Å²) in [4.78, 5) is 31.3. The van der Waals surface area contributed by atoms with Gasteiger partial charge in [0.15, 0.2) is 5.89 Å². The van der Waals surface area contributed by atoms with Gasteiger partial charge in [-0.1, -0.05) is 41.5 Å². The van der Waals surface area contributed by atoms with Crippen LogP contribution in [0.2, 0.25) is 0 Å². The SMILES string of the molecule is Cc1nc(C(C)(C)C)oc1CCCNC(=O)NC1CC(C)(C)CC(C)(CN=C=O)C1. The van der Waals surface area contributed by atoms with Gasteiger partial charge >= 0.3 is 6.03 Å². The van der Waals surface area contributed by atoms with Gasteiger partial charge in [0, 0.05) is 24.4 Å². The summed E-state index contributed by atoms with van der Waals surface area (Å²) in [7, 11) is 0. The van der Waals surface area contributed by atoms with Crippen molar-refractivity contribution in [3.05, 3.63) is 17.3 Å². The van der Waals surface area contributed by atoms with Crippen LogP contribution in [0.25, 0.3) is 0 Å². The standard InChI is InChI=1S/C23H38N4O3/c1-16-18(30-19(26-16)21(2,3)4)9-8-10-25-20(29)27-17-11-22(5,6)13-23(7,12-17)14-24-15-28/h17H,8-14H2,1-7H3,(H2,25,27,29). The van der Waals surface area contributed by atoms with Gasteiger partial charge < -0.3 is 15.1 Å². The van der Waals surface area contributed by atoms with Gasteiger partial charge in [0.25, 0.3) is 0 Å². The van der Waals surface area contributed by atoms with E-state index >= 15 is 0 Å². The lowest BCUT2D eigenvalue weighted by molar-refractivity contribution is 0.0807. The number of urea groups is 1. The van der Waals surface area contributed by atoms with E-state index in [1.165, 1.54) is 0 Å². The van der Waals surface area contributed by atoms with Crippen molar-refractivity contribution in [3.8, 4) is 0 Å². The second-order valence-electron chi connectivity index (χ2n) is 10.9. The van der Waals surface area contributed by atoms with Crippen LogP contribution in [0.5, 0.6) is 0 Å². The number of amides is 2. The molecule has 1 aliphatic carbocycles. The molecule has 1 fully saturated rings. The van der Waals surface area contributed by atoms with E-state index in [2.05, 4.69) is 62.2 Å². The van der Waals surface area contributed by atoms with Gasteiger partial charge in [0.2, 0.25) is 6.08 Å². The number of carbonyl (C=O) groups excluding carboxylic acids is 2. The molecule has 2 atom stereocenters. The molecule has 0 aromatic carbocycles. The number of hydrogen-bond donors (Lipinski definition) is 2. The molecule has 7 heteroatoms. The summed E-state index contributed by atoms with van der Waals surface area (Å²) in [6.45, 7) is 15.8. The number of hydrogen-bond acceptors (Lipinski definition) is 5. The second kappa shape index (κ2) is 9.34. The van der Waals surface area contributed by atoms with E-state index in [1.807, 2.05) is 6.92 Å². The minimum atomic E-state index is -0.149. The van der Waals surface area contributed by atoms with Gasteiger partial charge in [-0.3, -0.25) is 0 Å². The Hall–Kier alpha value is -2.14. The predicted octanol–water partition coefficient (Wildman–Crippen LogP) is 4.43. The Balaban J connectivity index is 1.81. The van der Waals surface area contributed by atoms with Crippen molar-refractivity contribution in [1.82, 2.24) is 15.6 Å². The van der Waals surface area contributed by atoms with Crippen LogP contribution < -0.4 is 10.6 Å². The Bertz CT molecular complexity index is 787. The van der Waals surface area contributed by atoms with E-state index in [1.54, 1.807) is 6.08 Å². The molecule has 0 bridgehead atoms. The highest BCUT2D eigenvalue weighted by atomic mass is 16.4. The number of nitrogens with one attached hydrogen (secondary N) is 2.